The number of anilines is 1. The van der Waals surface area contributed by atoms with Crippen molar-refractivity contribution in [2.45, 2.75) is 13.0 Å². The first kappa shape index (κ1) is 14.9. The molecule has 0 aliphatic heterocycles. The minimum Gasteiger partial charge on any atom is -0.355 e. The van der Waals surface area contributed by atoms with Crippen LogP contribution < -0.4 is 10.6 Å². The Bertz CT molecular complexity index is 591. The summed E-state index contributed by atoms with van der Waals surface area (Å²) in [7, 11) is 1.87. The maximum absolute atomic E-state index is 13.7. The molecule has 0 aliphatic rings. The van der Waals surface area contributed by atoms with Gasteiger partial charge in [-0.05, 0) is 30.8 Å². The Morgan fingerprint density at radius 3 is 2.90 bits per heavy atom. The van der Waals surface area contributed by atoms with Crippen LogP contribution >= 0.6 is 15.9 Å². The highest BCUT2D eigenvalue weighted by Crippen LogP contribution is 2.19. The molecule has 0 atom stereocenters. The standard InChI is InChI=1S/C14H16BrFN4/c1-20(9-10-8-11(15)2-3-12(10)16)14-5-7-18-13(19-14)4-6-17/h2-3,5,7-8H,4,6,9,17H2,1H3. The van der Waals surface area contributed by atoms with Gasteiger partial charge in [0.15, 0.2) is 0 Å². The molecular weight excluding hydrogens is 323 g/mol. The van der Waals surface area contributed by atoms with Gasteiger partial charge in [-0.25, -0.2) is 14.4 Å². The van der Waals surface area contributed by atoms with Crippen LogP contribution in [-0.2, 0) is 13.0 Å². The van der Waals surface area contributed by atoms with Crippen molar-refractivity contribution in [1.29, 1.82) is 0 Å². The molecule has 0 spiro atoms. The lowest BCUT2D eigenvalue weighted by Crippen LogP contribution is -2.19. The molecule has 0 amide bonds. The van der Waals surface area contributed by atoms with Crippen molar-refractivity contribution < 1.29 is 4.39 Å². The van der Waals surface area contributed by atoms with Crippen molar-refractivity contribution in [3.05, 3.63) is 52.1 Å². The van der Waals surface area contributed by atoms with Crippen molar-refractivity contribution in [1.82, 2.24) is 9.97 Å². The molecule has 0 bridgehead atoms. The van der Waals surface area contributed by atoms with E-state index in [4.69, 9.17) is 5.73 Å². The van der Waals surface area contributed by atoms with Gasteiger partial charge < -0.3 is 10.6 Å². The molecule has 1 aromatic heterocycles. The van der Waals surface area contributed by atoms with Gasteiger partial charge in [-0.1, -0.05) is 15.9 Å². The molecule has 0 aliphatic carbocycles. The number of nitrogens with two attached hydrogens (primary N) is 1. The molecule has 0 radical (unpaired) electrons. The summed E-state index contributed by atoms with van der Waals surface area (Å²) in [5.41, 5.74) is 6.11. The second kappa shape index (κ2) is 6.76. The second-order valence-electron chi connectivity index (χ2n) is 4.46. The van der Waals surface area contributed by atoms with Crippen LogP contribution in [0.15, 0.2) is 34.9 Å². The number of aromatic nitrogens is 2. The van der Waals surface area contributed by atoms with Crippen molar-refractivity contribution in [3.63, 3.8) is 0 Å². The highest BCUT2D eigenvalue weighted by molar-refractivity contribution is 9.10. The zero-order valence-corrected chi connectivity index (χ0v) is 12.8. The molecule has 0 saturated carbocycles. The van der Waals surface area contributed by atoms with E-state index in [0.717, 1.165) is 10.3 Å². The number of benzene rings is 1. The molecular formula is C14H16BrFN4. The number of hydrogen-bond acceptors (Lipinski definition) is 4. The monoisotopic (exact) mass is 338 g/mol. The molecule has 2 N–H and O–H groups in total. The average Bonchev–Trinajstić information content (AvgIpc) is 2.43. The van der Waals surface area contributed by atoms with Crippen LogP contribution in [0.5, 0.6) is 0 Å². The predicted octanol–water partition coefficient (Wildman–Crippen LogP) is 2.52. The Morgan fingerprint density at radius 1 is 1.35 bits per heavy atom. The molecule has 0 unspecified atom stereocenters. The van der Waals surface area contributed by atoms with E-state index in [2.05, 4.69) is 25.9 Å². The fourth-order valence-electron chi connectivity index (χ4n) is 1.85. The van der Waals surface area contributed by atoms with E-state index >= 15 is 0 Å². The fourth-order valence-corrected chi connectivity index (χ4v) is 2.26. The van der Waals surface area contributed by atoms with E-state index in [0.29, 0.717) is 30.9 Å². The number of hydrogen-bond donors (Lipinski definition) is 1. The summed E-state index contributed by atoms with van der Waals surface area (Å²) < 4.78 is 14.6. The van der Waals surface area contributed by atoms with E-state index in [9.17, 15) is 4.39 Å². The van der Waals surface area contributed by atoms with Crippen molar-refractivity contribution >= 4 is 21.7 Å². The maximum atomic E-state index is 13.7. The summed E-state index contributed by atoms with van der Waals surface area (Å²) >= 11 is 3.35. The number of nitrogens with zero attached hydrogens (tertiary/aromatic N) is 3. The van der Waals surface area contributed by atoms with Crippen LogP contribution in [0.2, 0.25) is 0 Å². The van der Waals surface area contributed by atoms with Gasteiger partial charge in [0, 0.05) is 36.2 Å². The smallest absolute Gasteiger partial charge is 0.132 e. The third-order valence-electron chi connectivity index (χ3n) is 2.87. The quantitative estimate of drug-likeness (QED) is 0.910. The van der Waals surface area contributed by atoms with Gasteiger partial charge in [-0.15, -0.1) is 0 Å². The van der Waals surface area contributed by atoms with Gasteiger partial charge >= 0.3 is 0 Å². The molecule has 2 rings (SSSR count). The molecule has 0 saturated heterocycles. The summed E-state index contributed by atoms with van der Waals surface area (Å²) in [6.45, 7) is 0.942. The zero-order valence-electron chi connectivity index (χ0n) is 11.2. The molecule has 4 nitrogen and oxygen atoms in total. The predicted molar refractivity (Wildman–Crippen MR) is 81.0 cm³/mol. The summed E-state index contributed by atoms with van der Waals surface area (Å²) in [5, 5.41) is 0. The van der Waals surface area contributed by atoms with Crippen LogP contribution in [-0.4, -0.2) is 23.6 Å². The first-order chi connectivity index (χ1) is 9.60. The van der Waals surface area contributed by atoms with E-state index in [-0.39, 0.29) is 5.82 Å². The normalized spacial score (nSPS) is 10.6. The van der Waals surface area contributed by atoms with E-state index < -0.39 is 0 Å². The van der Waals surface area contributed by atoms with Crippen molar-refractivity contribution in [2.24, 2.45) is 5.73 Å². The van der Waals surface area contributed by atoms with Gasteiger partial charge in [-0.2, -0.15) is 0 Å². The Morgan fingerprint density at radius 2 is 2.15 bits per heavy atom. The van der Waals surface area contributed by atoms with Crippen LogP contribution in [0.4, 0.5) is 10.2 Å². The van der Waals surface area contributed by atoms with Gasteiger partial charge in [-0.3, -0.25) is 0 Å². The van der Waals surface area contributed by atoms with Gasteiger partial charge in [0.2, 0.25) is 0 Å². The van der Waals surface area contributed by atoms with Crippen LogP contribution in [0.25, 0.3) is 0 Å². The fraction of sp³-hybridized carbons (Fsp3) is 0.286. The lowest BCUT2D eigenvalue weighted by Gasteiger charge is -2.19. The Hall–Kier alpha value is -1.53. The maximum Gasteiger partial charge on any atom is 0.132 e. The average molecular weight is 339 g/mol. The van der Waals surface area contributed by atoms with E-state index in [1.165, 1.54) is 6.07 Å². The van der Waals surface area contributed by atoms with Crippen molar-refractivity contribution in [2.75, 3.05) is 18.5 Å². The molecule has 20 heavy (non-hydrogen) atoms. The summed E-state index contributed by atoms with van der Waals surface area (Å²) in [5.74, 6) is 1.23. The van der Waals surface area contributed by atoms with Gasteiger partial charge in [0.05, 0.1) is 0 Å². The Balaban J connectivity index is 2.17. The van der Waals surface area contributed by atoms with Crippen LogP contribution in [0.3, 0.4) is 0 Å². The minimum absolute atomic E-state index is 0.226. The third-order valence-corrected chi connectivity index (χ3v) is 3.36. The SMILES string of the molecule is CN(Cc1cc(Br)ccc1F)c1ccnc(CCN)n1. The van der Waals surface area contributed by atoms with E-state index in [1.807, 2.05) is 11.9 Å². The second-order valence-corrected chi connectivity index (χ2v) is 5.38. The molecule has 1 heterocycles. The highest BCUT2D eigenvalue weighted by atomic mass is 79.9. The lowest BCUT2D eigenvalue weighted by molar-refractivity contribution is 0.607. The van der Waals surface area contributed by atoms with Crippen LogP contribution in [0, 0.1) is 5.82 Å². The summed E-state index contributed by atoms with van der Waals surface area (Å²) in [6.07, 6.45) is 2.33. The van der Waals surface area contributed by atoms with Gasteiger partial charge in [0.25, 0.3) is 0 Å². The highest BCUT2D eigenvalue weighted by Gasteiger charge is 2.09. The largest absolute Gasteiger partial charge is 0.355 e. The molecule has 0 fully saturated rings. The Kier molecular flexibility index (Phi) is 5.03. The van der Waals surface area contributed by atoms with Gasteiger partial charge in [0.1, 0.15) is 17.5 Å². The topological polar surface area (TPSA) is 55.0 Å². The molecule has 6 heteroatoms. The number of rotatable bonds is 5. The first-order valence-corrected chi connectivity index (χ1v) is 7.06. The minimum atomic E-state index is -0.226. The zero-order chi connectivity index (χ0) is 14.5. The Labute approximate surface area is 126 Å². The first-order valence-electron chi connectivity index (χ1n) is 6.27. The lowest BCUT2D eigenvalue weighted by atomic mass is 10.2. The van der Waals surface area contributed by atoms with Crippen molar-refractivity contribution in [3.8, 4) is 0 Å². The third kappa shape index (κ3) is 3.74. The molecule has 2 aromatic rings. The molecule has 1 aromatic carbocycles. The van der Waals surface area contributed by atoms with Crippen LogP contribution in [0.1, 0.15) is 11.4 Å². The molecule has 106 valence electrons. The summed E-state index contributed by atoms with van der Waals surface area (Å²) in [4.78, 5) is 10.4. The summed E-state index contributed by atoms with van der Waals surface area (Å²) in [6, 6.07) is 6.71. The van der Waals surface area contributed by atoms with E-state index in [1.54, 1.807) is 24.4 Å². The number of halogens is 2.